The van der Waals surface area contributed by atoms with Crippen LogP contribution in [-0.4, -0.2) is 119 Å². The Morgan fingerprint density at radius 2 is 1.58 bits per heavy atom. The summed E-state index contributed by atoms with van der Waals surface area (Å²) in [5, 5.41) is 2.81. The average Bonchev–Trinajstić information content (AvgIpc) is 3.52. The molecule has 6 heterocycles. The zero-order valence-corrected chi connectivity index (χ0v) is 35.8. The molecule has 1 atom stereocenters. The van der Waals surface area contributed by atoms with Gasteiger partial charge >= 0.3 is 0 Å². The van der Waals surface area contributed by atoms with Gasteiger partial charge < -0.3 is 14.5 Å². The van der Waals surface area contributed by atoms with Gasteiger partial charge in [0.2, 0.25) is 17.8 Å². The molecule has 62 heavy (non-hydrogen) atoms. The van der Waals surface area contributed by atoms with Crippen molar-refractivity contribution < 1.29 is 23.9 Å². The van der Waals surface area contributed by atoms with Crippen LogP contribution in [0.3, 0.4) is 0 Å². The predicted molar refractivity (Wildman–Crippen MR) is 235 cm³/mol. The SMILES string of the molecule is [C-]#[N+]c1cc(Cl)cc(C(C)(C)c2ccc(OCc3ccnc(N4CCN(C5CN(CC6CCN(c7ccc8c(c7)C(=O)N(C7CCC(=O)NC7=O)C8=O)CC6)C5)CC4)n3)cc2)c1. The van der Waals surface area contributed by atoms with Gasteiger partial charge in [-0.05, 0) is 84.8 Å². The van der Waals surface area contributed by atoms with E-state index in [1.807, 2.05) is 42.6 Å². The van der Waals surface area contributed by atoms with Crippen LogP contribution in [0, 0.1) is 12.5 Å². The number of piperidine rings is 2. The summed E-state index contributed by atoms with van der Waals surface area (Å²) >= 11 is 6.31. The lowest BCUT2D eigenvalue weighted by Gasteiger charge is -2.49. The molecule has 3 aromatic carbocycles. The van der Waals surface area contributed by atoms with Crippen molar-refractivity contribution in [3.8, 4) is 5.75 Å². The monoisotopic (exact) mass is 855 g/mol. The Balaban J connectivity index is 0.700. The molecule has 9 rings (SSSR count). The molecule has 4 aromatic rings. The van der Waals surface area contributed by atoms with Crippen LogP contribution in [0.15, 0.2) is 72.9 Å². The molecule has 4 amide bonds. The van der Waals surface area contributed by atoms with Crippen molar-refractivity contribution >= 4 is 52.6 Å². The number of amides is 4. The van der Waals surface area contributed by atoms with Crippen molar-refractivity contribution in [1.82, 2.24) is 30.0 Å². The molecule has 4 fully saturated rings. The highest BCUT2D eigenvalue weighted by molar-refractivity contribution is 6.31. The number of halogens is 1. The number of hydrogen-bond donors (Lipinski definition) is 1. The number of benzene rings is 3. The third kappa shape index (κ3) is 8.36. The lowest BCUT2D eigenvalue weighted by atomic mass is 9.78. The lowest BCUT2D eigenvalue weighted by Crippen LogP contribution is -2.63. The zero-order valence-electron chi connectivity index (χ0n) is 35.1. The second kappa shape index (κ2) is 17.1. The normalized spacial score (nSPS) is 20.5. The summed E-state index contributed by atoms with van der Waals surface area (Å²) in [4.78, 5) is 74.3. The summed E-state index contributed by atoms with van der Waals surface area (Å²) in [5.74, 6) is 0.161. The van der Waals surface area contributed by atoms with Gasteiger partial charge in [-0.25, -0.2) is 14.8 Å². The molecule has 1 aromatic heterocycles. The minimum Gasteiger partial charge on any atom is -0.487 e. The van der Waals surface area contributed by atoms with Crippen LogP contribution in [0.1, 0.15) is 77.1 Å². The van der Waals surface area contributed by atoms with Crippen molar-refractivity contribution in [2.75, 3.05) is 68.7 Å². The van der Waals surface area contributed by atoms with Crippen LogP contribution in [-0.2, 0) is 21.6 Å². The third-order valence-corrected chi connectivity index (χ3v) is 13.6. The number of likely N-dealkylation sites (tertiary alicyclic amines) is 1. The fourth-order valence-electron chi connectivity index (χ4n) is 9.51. The van der Waals surface area contributed by atoms with E-state index in [0.29, 0.717) is 40.4 Å². The van der Waals surface area contributed by atoms with E-state index in [4.69, 9.17) is 27.9 Å². The highest BCUT2D eigenvalue weighted by Gasteiger charge is 2.45. The Morgan fingerprint density at radius 1 is 0.839 bits per heavy atom. The van der Waals surface area contributed by atoms with Crippen LogP contribution in [0.5, 0.6) is 5.75 Å². The number of hydrogen-bond acceptors (Lipinski definition) is 11. The number of carbonyl (C=O) groups is 4. The van der Waals surface area contributed by atoms with E-state index in [1.165, 1.54) is 0 Å². The van der Waals surface area contributed by atoms with E-state index < -0.39 is 23.8 Å². The Hall–Kier alpha value is -5.88. The van der Waals surface area contributed by atoms with Crippen molar-refractivity contribution in [2.24, 2.45) is 5.92 Å². The summed E-state index contributed by atoms with van der Waals surface area (Å²) < 4.78 is 6.15. The van der Waals surface area contributed by atoms with Crippen molar-refractivity contribution in [1.29, 1.82) is 0 Å². The second-order valence-corrected chi connectivity index (χ2v) is 18.0. The first-order valence-corrected chi connectivity index (χ1v) is 21.9. The van der Waals surface area contributed by atoms with Crippen molar-refractivity contribution in [2.45, 2.75) is 63.6 Å². The first-order valence-electron chi connectivity index (χ1n) is 21.5. The van der Waals surface area contributed by atoms with Gasteiger partial charge in [-0.3, -0.25) is 39.2 Å². The van der Waals surface area contributed by atoms with E-state index in [-0.39, 0.29) is 24.2 Å². The number of nitrogens with one attached hydrogen (secondary N) is 1. The smallest absolute Gasteiger partial charge is 0.262 e. The molecule has 0 aliphatic carbocycles. The molecule has 5 aliphatic rings. The molecule has 0 radical (unpaired) electrons. The maximum atomic E-state index is 13.3. The van der Waals surface area contributed by atoms with Crippen LogP contribution in [0.4, 0.5) is 17.3 Å². The Labute approximate surface area is 366 Å². The number of piperazine rings is 1. The summed E-state index contributed by atoms with van der Waals surface area (Å²) in [5.41, 5.74) is 4.64. The van der Waals surface area contributed by atoms with Gasteiger partial charge in [0.25, 0.3) is 11.8 Å². The molecule has 1 N–H and O–H groups in total. The number of nitrogens with zero attached hydrogens (tertiary/aromatic N) is 8. The number of rotatable bonds is 11. The van der Waals surface area contributed by atoms with Crippen LogP contribution in [0.25, 0.3) is 4.85 Å². The number of fused-ring (bicyclic) bond motifs is 1. The van der Waals surface area contributed by atoms with Gasteiger partial charge in [0.15, 0.2) is 5.69 Å². The number of ether oxygens (including phenoxy) is 1. The molecule has 15 heteroatoms. The maximum Gasteiger partial charge on any atom is 0.262 e. The fourth-order valence-corrected chi connectivity index (χ4v) is 9.74. The quantitative estimate of drug-likeness (QED) is 0.147. The van der Waals surface area contributed by atoms with Crippen molar-refractivity contribution in [3.05, 3.63) is 117 Å². The second-order valence-electron chi connectivity index (χ2n) is 17.6. The molecular weight excluding hydrogens is 806 g/mol. The largest absolute Gasteiger partial charge is 0.487 e. The topological polar surface area (TPSA) is 136 Å². The van der Waals surface area contributed by atoms with Gasteiger partial charge in [0.05, 0.1) is 23.4 Å². The molecule has 0 spiro atoms. The van der Waals surface area contributed by atoms with Gasteiger partial charge in [-0.1, -0.05) is 43.6 Å². The number of imide groups is 2. The van der Waals surface area contributed by atoms with E-state index in [9.17, 15) is 19.2 Å². The highest BCUT2D eigenvalue weighted by atomic mass is 35.5. The van der Waals surface area contributed by atoms with Crippen molar-refractivity contribution in [3.63, 3.8) is 0 Å². The van der Waals surface area contributed by atoms with Gasteiger partial charge in [-0.15, -0.1) is 0 Å². The van der Waals surface area contributed by atoms with E-state index >= 15 is 0 Å². The molecule has 1 unspecified atom stereocenters. The minimum absolute atomic E-state index is 0.100. The van der Waals surface area contributed by atoms with E-state index in [2.05, 4.69) is 60.7 Å². The van der Waals surface area contributed by atoms with Crippen LogP contribution in [0.2, 0.25) is 5.02 Å². The Bertz CT molecular complexity index is 2430. The van der Waals surface area contributed by atoms with Gasteiger partial charge in [0.1, 0.15) is 18.4 Å². The Morgan fingerprint density at radius 3 is 2.31 bits per heavy atom. The number of aromatic nitrogens is 2. The summed E-state index contributed by atoms with van der Waals surface area (Å²) in [6.07, 6.45) is 4.16. The number of carbonyl (C=O) groups excluding carboxylic acids is 4. The predicted octanol–water partition coefficient (Wildman–Crippen LogP) is 5.71. The minimum atomic E-state index is -0.962. The Kier molecular flexibility index (Phi) is 11.4. The zero-order chi connectivity index (χ0) is 43.1. The molecule has 14 nitrogen and oxygen atoms in total. The van der Waals surface area contributed by atoms with Gasteiger partial charge in [-0.2, -0.15) is 0 Å². The van der Waals surface area contributed by atoms with E-state index in [0.717, 1.165) is 111 Å². The lowest BCUT2D eigenvalue weighted by molar-refractivity contribution is -0.136. The summed E-state index contributed by atoms with van der Waals surface area (Å²) in [6.45, 7) is 20.7. The van der Waals surface area contributed by atoms with E-state index in [1.54, 1.807) is 18.2 Å². The van der Waals surface area contributed by atoms with Crippen LogP contribution < -0.4 is 19.9 Å². The maximum absolute atomic E-state index is 13.3. The fraction of sp³-hybridized carbons (Fsp3) is 0.426. The van der Waals surface area contributed by atoms with Crippen LogP contribution >= 0.6 is 11.6 Å². The summed E-state index contributed by atoms with van der Waals surface area (Å²) in [6, 6.07) is 20.4. The standard InChI is InChI=1S/C47H50ClN9O5/c1-47(2,32-22-33(48)24-35(23-32)49-3)31-4-7-38(8-5-31)62-29-34-12-15-50-46(51-34)56-20-18-55(19-21-56)37-27-53(28-37)26-30-13-16-54(17-14-30)36-6-9-39-40(25-36)45(61)57(44(39)60)41-10-11-42(58)52-43(41)59/h4-9,12,15,22-25,30,37,41H,10-11,13-14,16-21,26-29H2,1-2H3,(H,52,58,59). The average molecular weight is 856 g/mol. The van der Waals surface area contributed by atoms with Gasteiger partial charge in [0, 0.05) is 93.7 Å². The molecular formula is C47H50ClN9O5. The first-order chi connectivity index (χ1) is 29.9. The molecule has 320 valence electrons. The first kappa shape index (κ1) is 41.5. The molecule has 0 bridgehead atoms. The molecule has 0 saturated carbocycles. The summed E-state index contributed by atoms with van der Waals surface area (Å²) in [7, 11) is 0. The molecule has 5 aliphatic heterocycles. The third-order valence-electron chi connectivity index (χ3n) is 13.4. The number of anilines is 2. The highest BCUT2D eigenvalue weighted by Crippen LogP contribution is 2.37. The molecule has 4 saturated heterocycles.